The van der Waals surface area contributed by atoms with Crippen LogP contribution in [0.3, 0.4) is 0 Å². The van der Waals surface area contributed by atoms with E-state index in [-0.39, 0.29) is 11.8 Å². The Balaban J connectivity index is 1.74. The average Bonchev–Trinajstić information content (AvgIpc) is 2.48. The van der Waals surface area contributed by atoms with Gasteiger partial charge < -0.3 is 10.4 Å². The van der Waals surface area contributed by atoms with E-state index in [4.69, 9.17) is 11.6 Å². The molecule has 0 spiro atoms. The van der Waals surface area contributed by atoms with Crippen molar-refractivity contribution in [3.63, 3.8) is 0 Å². The SMILES string of the molecule is Oc1ccc(CNC2CCSc3ccc(Cl)cc32)cc1F. The molecule has 3 rings (SSSR count). The molecule has 0 saturated heterocycles. The highest BCUT2D eigenvalue weighted by molar-refractivity contribution is 7.99. The molecule has 0 saturated carbocycles. The minimum atomic E-state index is -0.586. The Morgan fingerprint density at radius 3 is 2.95 bits per heavy atom. The van der Waals surface area contributed by atoms with Gasteiger partial charge in [0.25, 0.3) is 0 Å². The molecule has 110 valence electrons. The predicted octanol–water partition coefficient (Wildman–Crippen LogP) is 4.51. The van der Waals surface area contributed by atoms with Crippen molar-refractivity contribution >= 4 is 23.4 Å². The van der Waals surface area contributed by atoms with Crippen LogP contribution in [0.5, 0.6) is 5.75 Å². The van der Waals surface area contributed by atoms with Crippen molar-refractivity contribution in [2.45, 2.75) is 23.9 Å². The number of aromatic hydroxyl groups is 1. The highest BCUT2D eigenvalue weighted by Gasteiger charge is 2.20. The lowest BCUT2D eigenvalue weighted by Gasteiger charge is -2.26. The molecule has 2 aromatic rings. The van der Waals surface area contributed by atoms with Gasteiger partial charge in [0.2, 0.25) is 0 Å². The van der Waals surface area contributed by atoms with Crippen molar-refractivity contribution in [3.05, 3.63) is 58.4 Å². The van der Waals surface area contributed by atoms with E-state index < -0.39 is 5.82 Å². The molecular weight excluding hydrogens is 309 g/mol. The first-order valence-electron chi connectivity index (χ1n) is 6.76. The first-order chi connectivity index (χ1) is 10.1. The summed E-state index contributed by atoms with van der Waals surface area (Å²) in [6.07, 6.45) is 1.01. The van der Waals surface area contributed by atoms with Gasteiger partial charge in [0, 0.05) is 22.5 Å². The van der Waals surface area contributed by atoms with Crippen molar-refractivity contribution in [1.29, 1.82) is 0 Å². The molecular formula is C16H15ClFNOS. The third kappa shape index (κ3) is 3.34. The summed E-state index contributed by atoms with van der Waals surface area (Å²) in [4.78, 5) is 1.25. The number of halogens is 2. The standard InChI is InChI=1S/C16H15ClFNOS/c17-11-2-4-16-12(8-11)14(5-6-21-16)19-9-10-1-3-15(20)13(18)7-10/h1-4,7-8,14,19-20H,5-6,9H2. The van der Waals surface area contributed by atoms with Crippen LogP contribution in [0.2, 0.25) is 5.02 Å². The van der Waals surface area contributed by atoms with Crippen LogP contribution < -0.4 is 5.32 Å². The number of hydrogen-bond acceptors (Lipinski definition) is 3. The minimum absolute atomic E-state index is 0.219. The van der Waals surface area contributed by atoms with Gasteiger partial charge in [0.1, 0.15) is 0 Å². The van der Waals surface area contributed by atoms with Gasteiger partial charge in [-0.25, -0.2) is 4.39 Å². The molecule has 1 aliphatic heterocycles. The molecule has 1 aliphatic rings. The van der Waals surface area contributed by atoms with Crippen molar-refractivity contribution < 1.29 is 9.50 Å². The fraction of sp³-hybridized carbons (Fsp3) is 0.250. The number of phenolic OH excluding ortho intramolecular Hbond substituents is 1. The molecule has 2 aromatic carbocycles. The second-order valence-electron chi connectivity index (χ2n) is 5.04. The van der Waals surface area contributed by atoms with E-state index in [2.05, 4.69) is 11.4 Å². The van der Waals surface area contributed by atoms with Crippen molar-refractivity contribution in [3.8, 4) is 5.75 Å². The van der Waals surface area contributed by atoms with Crippen molar-refractivity contribution in [2.75, 3.05) is 5.75 Å². The Morgan fingerprint density at radius 2 is 2.14 bits per heavy atom. The zero-order valence-corrected chi connectivity index (χ0v) is 12.8. The van der Waals surface area contributed by atoms with Crippen LogP contribution in [0.4, 0.5) is 4.39 Å². The molecule has 0 aromatic heterocycles. The number of rotatable bonds is 3. The Morgan fingerprint density at radius 1 is 1.29 bits per heavy atom. The minimum Gasteiger partial charge on any atom is -0.505 e. The zero-order valence-electron chi connectivity index (χ0n) is 11.3. The van der Waals surface area contributed by atoms with E-state index in [0.29, 0.717) is 6.54 Å². The van der Waals surface area contributed by atoms with Crippen LogP contribution in [0.1, 0.15) is 23.6 Å². The van der Waals surface area contributed by atoms with Gasteiger partial charge in [-0.15, -0.1) is 11.8 Å². The molecule has 21 heavy (non-hydrogen) atoms. The monoisotopic (exact) mass is 323 g/mol. The Bertz CT molecular complexity index is 665. The lowest BCUT2D eigenvalue weighted by atomic mass is 10.0. The predicted molar refractivity (Wildman–Crippen MR) is 84.4 cm³/mol. The number of fused-ring (bicyclic) bond motifs is 1. The highest BCUT2D eigenvalue weighted by Crippen LogP contribution is 2.37. The maximum Gasteiger partial charge on any atom is 0.165 e. The number of phenols is 1. The molecule has 2 N–H and O–H groups in total. The summed E-state index contributed by atoms with van der Waals surface area (Å²) < 4.78 is 13.3. The summed E-state index contributed by atoms with van der Waals surface area (Å²) in [5.41, 5.74) is 2.02. The van der Waals surface area contributed by atoms with Crippen molar-refractivity contribution in [2.24, 2.45) is 0 Å². The molecule has 0 amide bonds. The van der Waals surface area contributed by atoms with E-state index in [1.54, 1.807) is 6.07 Å². The number of hydrogen-bond donors (Lipinski definition) is 2. The maximum atomic E-state index is 13.3. The summed E-state index contributed by atoms with van der Waals surface area (Å²) in [5, 5.41) is 13.4. The Hall–Kier alpha value is -1.23. The van der Waals surface area contributed by atoms with Crippen LogP contribution in [-0.2, 0) is 6.54 Å². The van der Waals surface area contributed by atoms with E-state index in [1.807, 2.05) is 23.9 Å². The van der Waals surface area contributed by atoms with Crippen molar-refractivity contribution in [1.82, 2.24) is 5.32 Å². The molecule has 5 heteroatoms. The molecule has 1 atom stereocenters. The van der Waals surface area contributed by atoms with Crippen LogP contribution >= 0.6 is 23.4 Å². The Labute approximate surface area is 132 Å². The van der Waals surface area contributed by atoms with Gasteiger partial charge in [0.05, 0.1) is 0 Å². The molecule has 1 unspecified atom stereocenters. The molecule has 0 bridgehead atoms. The largest absolute Gasteiger partial charge is 0.505 e. The summed E-state index contributed by atoms with van der Waals surface area (Å²) >= 11 is 7.92. The van der Waals surface area contributed by atoms with Gasteiger partial charge in [0.15, 0.2) is 11.6 Å². The first-order valence-corrected chi connectivity index (χ1v) is 8.13. The van der Waals surface area contributed by atoms with E-state index in [0.717, 1.165) is 22.8 Å². The summed E-state index contributed by atoms with van der Waals surface area (Å²) in [6, 6.07) is 10.6. The van der Waals surface area contributed by atoms with E-state index in [9.17, 15) is 9.50 Å². The third-order valence-corrected chi connectivity index (χ3v) is 4.93. The summed E-state index contributed by atoms with van der Waals surface area (Å²) in [5.74, 6) is 0.151. The zero-order chi connectivity index (χ0) is 14.8. The van der Waals surface area contributed by atoms with E-state index in [1.165, 1.54) is 22.6 Å². The normalized spacial score (nSPS) is 17.5. The van der Waals surface area contributed by atoms with Gasteiger partial charge in [-0.3, -0.25) is 0 Å². The van der Waals surface area contributed by atoms with Crippen LogP contribution in [0.25, 0.3) is 0 Å². The first kappa shape index (κ1) is 14.7. The third-order valence-electron chi connectivity index (χ3n) is 3.58. The van der Waals surface area contributed by atoms with Crippen LogP contribution in [0, 0.1) is 5.82 Å². The van der Waals surface area contributed by atoms with E-state index >= 15 is 0 Å². The molecule has 0 fully saturated rings. The number of thioether (sulfide) groups is 1. The smallest absolute Gasteiger partial charge is 0.165 e. The second-order valence-corrected chi connectivity index (χ2v) is 6.61. The second kappa shape index (κ2) is 6.26. The van der Waals surface area contributed by atoms with Gasteiger partial charge >= 0.3 is 0 Å². The maximum absolute atomic E-state index is 13.3. The Kier molecular flexibility index (Phi) is 4.38. The summed E-state index contributed by atoms with van der Waals surface area (Å²) in [7, 11) is 0. The lowest BCUT2D eigenvalue weighted by molar-refractivity contribution is 0.431. The lowest BCUT2D eigenvalue weighted by Crippen LogP contribution is -2.24. The molecule has 2 nitrogen and oxygen atoms in total. The van der Waals surface area contributed by atoms with Gasteiger partial charge in [-0.1, -0.05) is 17.7 Å². The van der Waals surface area contributed by atoms with Gasteiger partial charge in [-0.05, 0) is 53.6 Å². The average molecular weight is 324 g/mol. The van der Waals surface area contributed by atoms with Gasteiger partial charge in [-0.2, -0.15) is 0 Å². The summed E-state index contributed by atoms with van der Waals surface area (Å²) in [6.45, 7) is 0.554. The number of benzene rings is 2. The highest BCUT2D eigenvalue weighted by atomic mass is 35.5. The molecule has 1 heterocycles. The number of nitrogens with one attached hydrogen (secondary N) is 1. The van der Waals surface area contributed by atoms with Crippen LogP contribution in [0.15, 0.2) is 41.3 Å². The quantitative estimate of drug-likeness (QED) is 0.871. The molecule has 0 radical (unpaired) electrons. The topological polar surface area (TPSA) is 32.3 Å². The van der Waals surface area contributed by atoms with Crippen LogP contribution in [-0.4, -0.2) is 10.9 Å². The fourth-order valence-corrected chi connectivity index (χ4v) is 3.76. The fourth-order valence-electron chi connectivity index (χ4n) is 2.48. The molecule has 0 aliphatic carbocycles.